The maximum Gasteiger partial charge on any atom is 0.244 e. The Morgan fingerprint density at radius 1 is 1.19 bits per heavy atom. The number of phenolic OH excluding ortho intramolecular Hbond substituents is 2. The number of aliphatic hydroxyl groups is 1. The minimum absolute atomic E-state index is 0.286. The van der Waals surface area contributed by atoms with Gasteiger partial charge in [-0.05, 0) is 29.3 Å². The Kier molecular flexibility index (Phi) is 6.98. The quantitative estimate of drug-likeness (QED) is 0.250. The van der Waals surface area contributed by atoms with Crippen LogP contribution in [0.15, 0.2) is 53.4 Å². The van der Waals surface area contributed by atoms with E-state index in [2.05, 4.69) is 11.2 Å². The van der Waals surface area contributed by atoms with Crippen LogP contribution in [0.2, 0.25) is 0 Å². The van der Waals surface area contributed by atoms with Gasteiger partial charge in [-0.15, -0.1) is 4.90 Å². The fourth-order valence-corrected chi connectivity index (χ4v) is 2.74. The van der Waals surface area contributed by atoms with Crippen molar-refractivity contribution in [3.63, 3.8) is 0 Å². The fourth-order valence-electron chi connectivity index (χ4n) is 2.30. The molecule has 0 saturated heterocycles. The molecule has 0 radical (unpaired) electrons. The number of rotatable bonds is 7. The molecule has 0 spiro atoms. The summed E-state index contributed by atoms with van der Waals surface area (Å²) >= 11 is 0. The van der Waals surface area contributed by atoms with Crippen LogP contribution in [-0.2, 0) is 19.4 Å². The van der Waals surface area contributed by atoms with Gasteiger partial charge in [0.25, 0.3) is 0 Å². The lowest BCUT2D eigenvalue weighted by atomic mass is 10.0. The summed E-state index contributed by atoms with van der Waals surface area (Å²) in [5.74, 6) is 2.13. The number of carbonyl (C=O) groups is 1. The van der Waals surface area contributed by atoms with E-state index in [0.29, 0.717) is 16.0 Å². The minimum Gasteiger partial charge on any atom is -0.504 e. The topological polar surface area (TPSA) is 107 Å². The van der Waals surface area contributed by atoms with Crippen molar-refractivity contribution in [1.29, 1.82) is 0 Å². The van der Waals surface area contributed by atoms with Gasteiger partial charge in [-0.3, -0.25) is 15.2 Å². The third-order valence-electron chi connectivity index (χ3n) is 3.79. The molecule has 2 rings (SSSR count). The van der Waals surface area contributed by atoms with Crippen molar-refractivity contribution in [3.05, 3.63) is 59.7 Å². The van der Waals surface area contributed by atoms with E-state index in [4.69, 9.17) is 0 Å². The molecule has 2 aromatic rings. The standard InChI is InChI=1S/C19H19FNO5S/c1-27(26)14-6-4-13(5-7-14)19(25)15(11-20)21-18(24)9-3-12-2-8-16(22)17(23)10-12/h2-10,15,19,22-23,25H,1,11H2,(H,21,24)/q-1. The van der Waals surface area contributed by atoms with E-state index in [1.165, 1.54) is 48.5 Å². The van der Waals surface area contributed by atoms with Gasteiger partial charge in [-0.25, -0.2) is 4.39 Å². The largest absolute Gasteiger partial charge is 0.504 e. The number of aromatic hydroxyl groups is 2. The maximum atomic E-state index is 13.3. The van der Waals surface area contributed by atoms with Crippen LogP contribution in [0.5, 0.6) is 11.5 Å². The summed E-state index contributed by atoms with van der Waals surface area (Å²) < 4.78 is 24.6. The minimum atomic E-state index is -1.41. The van der Waals surface area contributed by atoms with E-state index in [-0.39, 0.29) is 11.5 Å². The highest BCUT2D eigenvalue weighted by molar-refractivity contribution is 7.82. The zero-order chi connectivity index (χ0) is 20.0. The number of hydrogen-bond donors (Lipinski definition) is 4. The van der Waals surface area contributed by atoms with E-state index in [9.17, 15) is 28.7 Å². The SMILES string of the molecule is C=[S-](=O)c1ccc(C(O)C(CF)NC(=O)C=Cc2ccc(O)c(O)c2)cc1. The average molecular weight is 392 g/mol. The molecule has 0 aliphatic carbocycles. The highest BCUT2D eigenvalue weighted by atomic mass is 32.2. The Hall–Kier alpha value is -2.84. The van der Waals surface area contributed by atoms with Gasteiger partial charge in [-0.1, -0.05) is 30.3 Å². The van der Waals surface area contributed by atoms with Crippen molar-refractivity contribution >= 4 is 28.2 Å². The normalized spacial score (nSPS) is 13.6. The van der Waals surface area contributed by atoms with Gasteiger partial charge in [-0.2, -0.15) is 5.87 Å². The summed E-state index contributed by atoms with van der Waals surface area (Å²) in [5, 5.41) is 31.3. The van der Waals surface area contributed by atoms with Crippen molar-refractivity contribution in [3.8, 4) is 11.5 Å². The van der Waals surface area contributed by atoms with Gasteiger partial charge in [0.2, 0.25) is 5.91 Å². The molecule has 8 heteroatoms. The van der Waals surface area contributed by atoms with Crippen LogP contribution < -0.4 is 5.32 Å². The molecule has 2 unspecified atom stereocenters. The molecule has 0 aromatic heterocycles. The molecule has 4 N–H and O–H groups in total. The lowest BCUT2D eigenvalue weighted by Gasteiger charge is -2.21. The molecule has 0 aliphatic heterocycles. The average Bonchev–Trinajstić information content (AvgIpc) is 2.66. The smallest absolute Gasteiger partial charge is 0.244 e. The lowest BCUT2D eigenvalue weighted by Crippen LogP contribution is -2.40. The molecular weight excluding hydrogens is 373 g/mol. The highest BCUT2D eigenvalue weighted by Gasteiger charge is 2.22. The van der Waals surface area contributed by atoms with Gasteiger partial charge in [0, 0.05) is 6.08 Å². The Morgan fingerprint density at radius 2 is 1.85 bits per heavy atom. The Balaban J connectivity index is 2.04. The monoisotopic (exact) mass is 392 g/mol. The molecular formula is C19H19FNO5S-. The molecule has 2 aromatic carbocycles. The Morgan fingerprint density at radius 3 is 2.41 bits per heavy atom. The number of phenols is 2. The number of halogens is 1. The highest BCUT2D eigenvalue weighted by Crippen LogP contribution is 2.25. The third kappa shape index (κ3) is 5.57. The van der Waals surface area contributed by atoms with E-state index < -0.39 is 35.1 Å². The zero-order valence-corrected chi connectivity index (χ0v) is 15.0. The number of alkyl halides is 1. The Bertz CT molecular complexity index is 901. The molecule has 0 heterocycles. The van der Waals surface area contributed by atoms with Crippen molar-refractivity contribution < 1.29 is 28.7 Å². The number of hydrogen-bond acceptors (Lipinski definition) is 6. The van der Waals surface area contributed by atoms with E-state index in [0.717, 1.165) is 6.08 Å². The predicted octanol–water partition coefficient (Wildman–Crippen LogP) is 2.05. The van der Waals surface area contributed by atoms with E-state index >= 15 is 0 Å². The molecule has 0 aliphatic rings. The van der Waals surface area contributed by atoms with E-state index in [1.807, 2.05) is 0 Å². The van der Waals surface area contributed by atoms with E-state index in [1.54, 1.807) is 0 Å². The molecule has 0 fully saturated rings. The van der Waals surface area contributed by atoms with Gasteiger partial charge in [0.1, 0.15) is 12.8 Å². The summed E-state index contributed by atoms with van der Waals surface area (Å²) in [5.41, 5.74) is 0.814. The molecule has 1 amide bonds. The Labute approximate surface area is 157 Å². The van der Waals surface area contributed by atoms with Crippen LogP contribution in [0.3, 0.4) is 0 Å². The first kappa shape index (κ1) is 20.5. The summed E-state index contributed by atoms with van der Waals surface area (Å²) in [6.45, 7) is -0.996. The van der Waals surface area contributed by atoms with Crippen LogP contribution in [0.25, 0.3) is 6.08 Å². The third-order valence-corrected chi connectivity index (χ3v) is 4.58. The number of benzene rings is 2. The van der Waals surface area contributed by atoms with Crippen LogP contribution in [0.1, 0.15) is 17.2 Å². The van der Waals surface area contributed by atoms with Crippen molar-refractivity contribution in [2.45, 2.75) is 17.0 Å². The van der Waals surface area contributed by atoms with Gasteiger partial charge < -0.3 is 24.8 Å². The molecule has 144 valence electrons. The summed E-state index contributed by atoms with van der Waals surface area (Å²) in [6, 6.07) is 8.84. The molecule has 0 bridgehead atoms. The first-order valence-electron chi connectivity index (χ1n) is 7.88. The van der Waals surface area contributed by atoms with Crippen LogP contribution in [0.4, 0.5) is 4.39 Å². The van der Waals surface area contributed by atoms with Crippen LogP contribution in [0, 0.1) is 0 Å². The zero-order valence-electron chi connectivity index (χ0n) is 14.2. The molecule has 2 atom stereocenters. The number of carbonyl (C=O) groups excluding carboxylic acids is 1. The van der Waals surface area contributed by atoms with Crippen molar-refractivity contribution in [2.75, 3.05) is 6.67 Å². The second kappa shape index (κ2) is 9.20. The van der Waals surface area contributed by atoms with Gasteiger partial charge >= 0.3 is 0 Å². The first-order valence-corrected chi connectivity index (χ1v) is 9.19. The number of amides is 1. The van der Waals surface area contributed by atoms with Crippen molar-refractivity contribution in [2.24, 2.45) is 0 Å². The molecule has 27 heavy (non-hydrogen) atoms. The number of aliphatic hydroxyl groups excluding tert-OH is 1. The molecule has 0 saturated carbocycles. The summed E-state index contributed by atoms with van der Waals surface area (Å²) in [4.78, 5) is 12.4. The lowest BCUT2D eigenvalue weighted by molar-refractivity contribution is -0.118. The summed E-state index contributed by atoms with van der Waals surface area (Å²) in [7, 11) is -1.41. The van der Waals surface area contributed by atoms with Crippen LogP contribution in [-0.4, -0.2) is 39.8 Å². The van der Waals surface area contributed by atoms with Crippen LogP contribution >= 0.6 is 0 Å². The van der Waals surface area contributed by atoms with Gasteiger partial charge in [0.05, 0.1) is 6.04 Å². The van der Waals surface area contributed by atoms with Gasteiger partial charge in [0.15, 0.2) is 11.5 Å². The molecule has 6 nitrogen and oxygen atoms in total. The summed E-state index contributed by atoms with van der Waals surface area (Å²) in [6.07, 6.45) is 1.20. The fraction of sp³-hybridized carbons (Fsp3) is 0.158. The maximum absolute atomic E-state index is 13.3. The predicted molar refractivity (Wildman–Crippen MR) is 102 cm³/mol. The first-order chi connectivity index (χ1) is 12.8. The number of nitrogens with one attached hydrogen (secondary N) is 1. The van der Waals surface area contributed by atoms with Crippen molar-refractivity contribution in [1.82, 2.24) is 5.32 Å². The second-order valence-corrected chi connectivity index (χ2v) is 6.87. The second-order valence-electron chi connectivity index (χ2n) is 5.71.